The number of rotatable bonds is 6. The highest BCUT2D eigenvalue weighted by atomic mass is 16.5. The topological polar surface area (TPSA) is 81.7 Å². The molecule has 0 radical (unpaired) electrons. The van der Waals surface area contributed by atoms with Crippen LogP contribution in [0.2, 0.25) is 0 Å². The molecule has 0 aliphatic rings. The van der Waals surface area contributed by atoms with Gasteiger partial charge in [0, 0.05) is 5.92 Å². The molecule has 6 heteroatoms. The van der Waals surface area contributed by atoms with E-state index < -0.39 is 24.4 Å². The number of nitrogens with one attached hydrogen (secondary N) is 1. The molecule has 6 nitrogen and oxygen atoms in total. The second-order valence-corrected chi connectivity index (χ2v) is 4.75. The first kappa shape index (κ1) is 16.7. The molecule has 0 aliphatic carbocycles. The summed E-state index contributed by atoms with van der Waals surface area (Å²) in [5, 5.41) is 2.14. The Kier molecular flexibility index (Phi) is 6.39. The van der Waals surface area contributed by atoms with Gasteiger partial charge in [0.15, 0.2) is 6.61 Å². The Labute approximate surface area is 123 Å². The second-order valence-electron chi connectivity index (χ2n) is 4.75. The summed E-state index contributed by atoms with van der Waals surface area (Å²) in [6, 6.07) is 6.94. The van der Waals surface area contributed by atoms with Crippen molar-refractivity contribution in [2.45, 2.75) is 20.3 Å². The molecule has 0 aromatic heterocycles. The maximum absolute atomic E-state index is 11.6. The van der Waals surface area contributed by atoms with Crippen molar-refractivity contribution >= 4 is 17.8 Å². The zero-order valence-electron chi connectivity index (χ0n) is 12.3. The van der Waals surface area contributed by atoms with Gasteiger partial charge in [-0.15, -0.1) is 0 Å². The van der Waals surface area contributed by atoms with Gasteiger partial charge in [0.2, 0.25) is 5.91 Å². The molecule has 1 aromatic carbocycles. The Morgan fingerprint density at radius 3 is 2.29 bits per heavy atom. The van der Waals surface area contributed by atoms with E-state index >= 15 is 0 Å². The van der Waals surface area contributed by atoms with Crippen molar-refractivity contribution in [3.63, 3.8) is 0 Å². The minimum atomic E-state index is -0.628. The quantitative estimate of drug-likeness (QED) is 0.794. The molecule has 0 spiro atoms. The van der Waals surface area contributed by atoms with Gasteiger partial charge in [0.1, 0.15) is 5.75 Å². The number of imide groups is 1. The SMILES string of the molecule is COc1ccc(CC(=O)OCC(=O)NC(=O)C(C)C)cc1. The zero-order valence-corrected chi connectivity index (χ0v) is 12.3. The fourth-order valence-electron chi connectivity index (χ4n) is 1.42. The van der Waals surface area contributed by atoms with Crippen LogP contribution in [0.5, 0.6) is 5.75 Å². The third-order valence-corrected chi connectivity index (χ3v) is 2.66. The minimum absolute atomic E-state index is 0.0510. The molecule has 1 N–H and O–H groups in total. The van der Waals surface area contributed by atoms with Crippen LogP contribution in [0.25, 0.3) is 0 Å². The molecule has 2 amide bonds. The Morgan fingerprint density at radius 2 is 1.76 bits per heavy atom. The summed E-state index contributed by atoms with van der Waals surface area (Å²) >= 11 is 0. The lowest BCUT2D eigenvalue weighted by molar-refractivity contribution is -0.149. The number of carbonyl (C=O) groups excluding carboxylic acids is 3. The van der Waals surface area contributed by atoms with Gasteiger partial charge in [0.25, 0.3) is 5.91 Å². The maximum atomic E-state index is 11.6. The molecular weight excluding hydrogens is 274 g/mol. The molecule has 21 heavy (non-hydrogen) atoms. The Morgan fingerprint density at radius 1 is 1.14 bits per heavy atom. The lowest BCUT2D eigenvalue weighted by atomic mass is 10.1. The van der Waals surface area contributed by atoms with Crippen molar-refractivity contribution in [3.05, 3.63) is 29.8 Å². The van der Waals surface area contributed by atoms with E-state index in [1.54, 1.807) is 45.2 Å². The molecular formula is C15H19NO5. The van der Waals surface area contributed by atoms with Crippen LogP contribution in [0.3, 0.4) is 0 Å². The molecule has 0 unspecified atom stereocenters. The molecule has 0 bridgehead atoms. The monoisotopic (exact) mass is 293 g/mol. The minimum Gasteiger partial charge on any atom is -0.497 e. The highest BCUT2D eigenvalue weighted by molar-refractivity contribution is 5.97. The molecule has 0 saturated carbocycles. The van der Waals surface area contributed by atoms with Gasteiger partial charge in [-0.3, -0.25) is 19.7 Å². The van der Waals surface area contributed by atoms with Gasteiger partial charge in [0.05, 0.1) is 13.5 Å². The molecule has 1 aromatic rings. The van der Waals surface area contributed by atoms with Gasteiger partial charge in [-0.1, -0.05) is 26.0 Å². The van der Waals surface area contributed by atoms with Crippen LogP contribution < -0.4 is 10.1 Å². The molecule has 0 saturated heterocycles. The first-order valence-electron chi connectivity index (χ1n) is 6.54. The summed E-state index contributed by atoms with van der Waals surface area (Å²) < 4.78 is 9.82. The van der Waals surface area contributed by atoms with E-state index in [2.05, 4.69) is 5.32 Å². The number of amides is 2. The van der Waals surface area contributed by atoms with Crippen LogP contribution in [-0.4, -0.2) is 31.5 Å². The van der Waals surface area contributed by atoms with Gasteiger partial charge < -0.3 is 9.47 Å². The van der Waals surface area contributed by atoms with E-state index in [9.17, 15) is 14.4 Å². The summed E-state index contributed by atoms with van der Waals surface area (Å²) in [4.78, 5) is 34.2. The first-order valence-corrected chi connectivity index (χ1v) is 6.54. The number of hydrogen-bond acceptors (Lipinski definition) is 5. The summed E-state index contributed by atoms with van der Waals surface area (Å²) in [7, 11) is 1.56. The van der Waals surface area contributed by atoms with Crippen molar-refractivity contribution in [3.8, 4) is 5.75 Å². The van der Waals surface area contributed by atoms with E-state index in [-0.39, 0.29) is 12.3 Å². The van der Waals surface area contributed by atoms with Crippen LogP contribution in [-0.2, 0) is 25.5 Å². The standard InChI is InChI=1S/C15H19NO5/c1-10(2)15(19)16-13(17)9-21-14(18)8-11-4-6-12(20-3)7-5-11/h4-7,10H,8-9H2,1-3H3,(H,16,17,19). The summed E-state index contributed by atoms with van der Waals surface area (Å²) in [5.74, 6) is -1.17. The van der Waals surface area contributed by atoms with Gasteiger partial charge in [-0.05, 0) is 17.7 Å². The number of benzene rings is 1. The number of hydrogen-bond donors (Lipinski definition) is 1. The average Bonchev–Trinajstić information content (AvgIpc) is 2.45. The van der Waals surface area contributed by atoms with Gasteiger partial charge >= 0.3 is 5.97 Å². The largest absolute Gasteiger partial charge is 0.497 e. The maximum Gasteiger partial charge on any atom is 0.310 e. The lowest BCUT2D eigenvalue weighted by Gasteiger charge is -2.07. The van der Waals surface area contributed by atoms with E-state index in [0.29, 0.717) is 5.75 Å². The Balaban J connectivity index is 2.36. The third kappa shape index (κ3) is 6.07. The Bertz CT molecular complexity index is 507. The molecule has 0 heterocycles. The van der Waals surface area contributed by atoms with Crippen molar-refractivity contribution in [1.29, 1.82) is 0 Å². The highest BCUT2D eigenvalue weighted by Gasteiger charge is 2.13. The molecule has 114 valence electrons. The second kappa shape index (κ2) is 8.04. The van der Waals surface area contributed by atoms with Crippen molar-refractivity contribution in [2.24, 2.45) is 5.92 Å². The predicted octanol–water partition coefficient (Wildman–Crippen LogP) is 1.08. The van der Waals surface area contributed by atoms with Crippen molar-refractivity contribution in [1.82, 2.24) is 5.32 Å². The number of methoxy groups -OCH3 is 1. The van der Waals surface area contributed by atoms with E-state index in [1.165, 1.54) is 0 Å². The predicted molar refractivity (Wildman–Crippen MR) is 75.6 cm³/mol. The molecule has 1 rings (SSSR count). The highest BCUT2D eigenvalue weighted by Crippen LogP contribution is 2.11. The first-order chi connectivity index (χ1) is 9.92. The van der Waals surface area contributed by atoms with E-state index in [4.69, 9.17) is 9.47 Å². The van der Waals surface area contributed by atoms with Crippen molar-refractivity contribution in [2.75, 3.05) is 13.7 Å². The third-order valence-electron chi connectivity index (χ3n) is 2.66. The van der Waals surface area contributed by atoms with Crippen LogP contribution in [0.1, 0.15) is 19.4 Å². The fourth-order valence-corrected chi connectivity index (χ4v) is 1.42. The number of carbonyl (C=O) groups is 3. The van der Waals surface area contributed by atoms with Crippen molar-refractivity contribution < 1.29 is 23.9 Å². The van der Waals surface area contributed by atoms with E-state index in [1.807, 2.05) is 0 Å². The number of esters is 1. The Hall–Kier alpha value is -2.37. The average molecular weight is 293 g/mol. The van der Waals surface area contributed by atoms with Crippen LogP contribution in [0, 0.1) is 5.92 Å². The molecule has 0 aliphatic heterocycles. The summed E-state index contributed by atoms with van der Waals surface area (Å²) in [6.45, 7) is 2.87. The fraction of sp³-hybridized carbons (Fsp3) is 0.400. The lowest BCUT2D eigenvalue weighted by Crippen LogP contribution is -2.36. The van der Waals surface area contributed by atoms with Crippen LogP contribution in [0.4, 0.5) is 0 Å². The van der Waals surface area contributed by atoms with Gasteiger partial charge in [-0.25, -0.2) is 0 Å². The normalized spacial score (nSPS) is 10.1. The number of ether oxygens (including phenoxy) is 2. The molecule has 0 fully saturated rings. The zero-order chi connectivity index (χ0) is 15.8. The summed E-state index contributed by atoms with van der Waals surface area (Å²) in [5.41, 5.74) is 0.750. The smallest absolute Gasteiger partial charge is 0.310 e. The summed E-state index contributed by atoms with van der Waals surface area (Å²) in [6.07, 6.45) is 0.0510. The van der Waals surface area contributed by atoms with E-state index in [0.717, 1.165) is 5.56 Å². The molecule has 0 atom stereocenters. The van der Waals surface area contributed by atoms with Gasteiger partial charge in [-0.2, -0.15) is 0 Å². The van der Waals surface area contributed by atoms with Crippen LogP contribution in [0.15, 0.2) is 24.3 Å². The van der Waals surface area contributed by atoms with Crippen LogP contribution >= 0.6 is 0 Å².